The number of imidazole rings is 1. The molecule has 0 aliphatic rings. The highest BCUT2D eigenvalue weighted by atomic mass is 16.3. The van der Waals surface area contributed by atoms with E-state index in [2.05, 4.69) is 16.4 Å². The van der Waals surface area contributed by atoms with Crippen LogP contribution in [0.2, 0.25) is 0 Å². The summed E-state index contributed by atoms with van der Waals surface area (Å²) in [5.41, 5.74) is 6.65. The van der Waals surface area contributed by atoms with Gasteiger partial charge in [0.1, 0.15) is 11.2 Å². The van der Waals surface area contributed by atoms with E-state index in [4.69, 9.17) is 4.42 Å². The second-order valence-corrected chi connectivity index (χ2v) is 6.84. The number of carbonyl (C=O) groups excluding carboxylic acids is 1. The fraction of sp³-hybridized carbons (Fsp3) is 0.238. The molecule has 5 heteroatoms. The molecule has 0 aliphatic heterocycles. The first-order valence-corrected chi connectivity index (χ1v) is 8.66. The maximum absolute atomic E-state index is 12.7. The van der Waals surface area contributed by atoms with E-state index in [1.165, 1.54) is 0 Å². The summed E-state index contributed by atoms with van der Waals surface area (Å²) in [6, 6.07) is 8.11. The van der Waals surface area contributed by atoms with Crippen LogP contribution < -0.4 is 5.32 Å². The lowest BCUT2D eigenvalue weighted by atomic mass is 10.0. The number of furan rings is 1. The Morgan fingerprint density at radius 3 is 2.69 bits per heavy atom. The van der Waals surface area contributed by atoms with Gasteiger partial charge < -0.3 is 14.1 Å². The number of aryl methyl sites for hydroxylation is 4. The zero-order valence-electron chi connectivity index (χ0n) is 15.4. The van der Waals surface area contributed by atoms with Crippen molar-refractivity contribution in [2.45, 2.75) is 34.2 Å². The zero-order valence-corrected chi connectivity index (χ0v) is 15.4. The SMILES string of the molecule is Cc1ccn2cc(CNC(=O)c3oc4c(C)ccc(C)c4c3C)nc2c1. The number of hydrogen-bond donors (Lipinski definition) is 1. The van der Waals surface area contributed by atoms with Crippen molar-refractivity contribution in [2.24, 2.45) is 0 Å². The molecule has 0 fully saturated rings. The quantitative estimate of drug-likeness (QED) is 0.603. The summed E-state index contributed by atoms with van der Waals surface area (Å²) in [6.45, 7) is 8.34. The molecule has 132 valence electrons. The van der Waals surface area contributed by atoms with Crippen molar-refractivity contribution in [2.75, 3.05) is 0 Å². The van der Waals surface area contributed by atoms with Gasteiger partial charge in [0.25, 0.3) is 5.91 Å². The number of benzene rings is 1. The number of nitrogens with zero attached hydrogens (tertiary/aromatic N) is 2. The van der Waals surface area contributed by atoms with Gasteiger partial charge in [-0.3, -0.25) is 4.79 Å². The molecule has 0 atom stereocenters. The molecule has 5 nitrogen and oxygen atoms in total. The molecule has 26 heavy (non-hydrogen) atoms. The van der Waals surface area contributed by atoms with Crippen LogP contribution in [0, 0.1) is 27.7 Å². The van der Waals surface area contributed by atoms with Crippen LogP contribution in [-0.4, -0.2) is 15.3 Å². The Morgan fingerprint density at radius 1 is 1.15 bits per heavy atom. The van der Waals surface area contributed by atoms with Gasteiger partial charge in [-0.25, -0.2) is 4.98 Å². The Labute approximate surface area is 151 Å². The number of hydrogen-bond acceptors (Lipinski definition) is 3. The molecular formula is C21H21N3O2. The second kappa shape index (κ2) is 6.02. The van der Waals surface area contributed by atoms with Crippen LogP contribution >= 0.6 is 0 Å². The first-order chi connectivity index (χ1) is 12.4. The van der Waals surface area contributed by atoms with Gasteiger partial charge in [0, 0.05) is 23.3 Å². The Bertz CT molecular complexity index is 1150. The van der Waals surface area contributed by atoms with E-state index in [0.717, 1.165) is 44.6 Å². The first-order valence-electron chi connectivity index (χ1n) is 8.66. The average molecular weight is 347 g/mol. The van der Waals surface area contributed by atoms with Gasteiger partial charge in [-0.15, -0.1) is 0 Å². The summed E-state index contributed by atoms with van der Waals surface area (Å²) in [5.74, 6) is 0.155. The van der Waals surface area contributed by atoms with Crippen LogP contribution in [0.3, 0.4) is 0 Å². The standard InChI is InChI=1S/C21H21N3O2/c1-12-7-8-24-11-16(23-17(24)9-12)10-22-21(25)20-15(4)18-13(2)5-6-14(3)19(18)26-20/h5-9,11H,10H2,1-4H3,(H,22,25). The largest absolute Gasteiger partial charge is 0.450 e. The highest BCUT2D eigenvalue weighted by molar-refractivity contribution is 6.00. The summed E-state index contributed by atoms with van der Waals surface area (Å²) in [5, 5.41) is 3.95. The van der Waals surface area contributed by atoms with Crippen molar-refractivity contribution < 1.29 is 9.21 Å². The van der Waals surface area contributed by atoms with Crippen LogP contribution in [0.25, 0.3) is 16.6 Å². The number of aromatic nitrogens is 2. The number of rotatable bonds is 3. The predicted molar refractivity (Wildman–Crippen MR) is 102 cm³/mol. The average Bonchev–Trinajstić information content (AvgIpc) is 3.17. The van der Waals surface area contributed by atoms with Gasteiger partial charge >= 0.3 is 0 Å². The Balaban J connectivity index is 1.60. The minimum Gasteiger partial charge on any atom is -0.450 e. The third-order valence-electron chi connectivity index (χ3n) is 4.78. The molecule has 1 N–H and O–H groups in total. The molecule has 3 aromatic heterocycles. The molecule has 3 heterocycles. The Hall–Kier alpha value is -3.08. The van der Waals surface area contributed by atoms with E-state index in [9.17, 15) is 4.79 Å². The lowest BCUT2D eigenvalue weighted by molar-refractivity contribution is 0.0924. The van der Waals surface area contributed by atoms with Gasteiger partial charge in [-0.2, -0.15) is 0 Å². The minimum absolute atomic E-state index is 0.217. The van der Waals surface area contributed by atoms with Crippen LogP contribution in [0.5, 0.6) is 0 Å². The van der Waals surface area contributed by atoms with Crippen molar-refractivity contribution in [1.82, 2.24) is 14.7 Å². The van der Waals surface area contributed by atoms with Gasteiger partial charge in [0.05, 0.1) is 12.2 Å². The molecule has 0 radical (unpaired) electrons. The van der Waals surface area contributed by atoms with E-state index in [1.807, 2.05) is 62.7 Å². The highest BCUT2D eigenvalue weighted by Gasteiger charge is 2.20. The number of pyridine rings is 1. The molecule has 0 unspecified atom stereocenters. The molecule has 4 aromatic rings. The van der Waals surface area contributed by atoms with Crippen molar-refractivity contribution >= 4 is 22.5 Å². The van der Waals surface area contributed by atoms with Gasteiger partial charge in [-0.1, -0.05) is 12.1 Å². The summed E-state index contributed by atoms with van der Waals surface area (Å²) in [6.07, 6.45) is 3.90. The monoisotopic (exact) mass is 347 g/mol. The molecular weight excluding hydrogens is 326 g/mol. The topological polar surface area (TPSA) is 59.5 Å². The highest BCUT2D eigenvalue weighted by Crippen LogP contribution is 2.30. The molecule has 0 spiro atoms. The minimum atomic E-state index is -0.217. The van der Waals surface area contributed by atoms with Crippen LogP contribution in [0.15, 0.2) is 41.1 Å². The maximum atomic E-state index is 12.7. The number of nitrogens with one attached hydrogen (secondary N) is 1. The summed E-state index contributed by atoms with van der Waals surface area (Å²) in [7, 11) is 0. The normalized spacial score (nSPS) is 11.4. The van der Waals surface area contributed by atoms with Crippen LogP contribution in [0.4, 0.5) is 0 Å². The molecule has 0 aliphatic carbocycles. The molecule has 0 saturated carbocycles. The third kappa shape index (κ3) is 2.65. The van der Waals surface area contributed by atoms with Gasteiger partial charge in [0.2, 0.25) is 0 Å². The molecule has 0 bridgehead atoms. The van der Waals surface area contributed by atoms with Gasteiger partial charge in [0.15, 0.2) is 5.76 Å². The van der Waals surface area contributed by atoms with E-state index in [0.29, 0.717) is 12.3 Å². The fourth-order valence-corrected chi connectivity index (χ4v) is 3.36. The molecule has 0 saturated heterocycles. The summed E-state index contributed by atoms with van der Waals surface area (Å²) in [4.78, 5) is 17.2. The fourth-order valence-electron chi connectivity index (χ4n) is 3.36. The second-order valence-electron chi connectivity index (χ2n) is 6.84. The molecule has 4 rings (SSSR count). The number of fused-ring (bicyclic) bond motifs is 2. The number of amides is 1. The van der Waals surface area contributed by atoms with Crippen molar-refractivity contribution in [3.63, 3.8) is 0 Å². The third-order valence-corrected chi connectivity index (χ3v) is 4.78. The van der Waals surface area contributed by atoms with E-state index >= 15 is 0 Å². The van der Waals surface area contributed by atoms with E-state index in [-0.39, 0.29) is 5.91 Å². The Morgan fingerprint density at radius 2 is 1.92 bits per heavy atom. The van der Waals surface area contributed by atoms with E-state index < -0.39 is 0 Å². The molecule has 1 aromatic carbocycles. The lowest BCUT2D eigenvalue weighted by Crippen LogP contribution is -2.23. The summed E-state index contributed by atoms with van der Waals surface area (Å²) >= 11 is 0. The van der Waals surface area contributed by atoms with Crippen molar-refractivity contribution in [3.8, 4) is 0 Å². The predicted octanol–water partition coefficient (Wildman–Crippen LogP) is 4.24. The van der Waals surface area contributed by atoms with Crippen LogP contribution in [-0.2, 0) is 6.54 Å². The zero-order chi connectivity index (χ0) is 18.4. The lowest BCUT2D eigenvalue weighted by Gasteiger charge is -2.01. The first kappa shape index (κ1) is 16.4. The summed E-state index contributed by atoms with van der Waals surface area (Å²) < 4.78 is 7.85. The Kier molecular flexibility index (Phi) is 3.80. The van der Waals surface area contributed by atoms with Gasteiger partial charge in [-0.05, 0) is 56.5 Å². The van der Waals surface area contributed by atoms with Crippen molar-refractivity contribution in [1.29, 1.82) is 0 Å². The molecule has 1 amide bonds. The van der Waals surface area contributed by atoms with E-state index in [1.54, 1.807) is 0 Å². The maximum Gasteiger partial charge on any atom is 0.287 e. The number of carbonyl (C=O) groups is 1. The van der Waals surface area contributed by atoms with Crippen molar-refractivity contribution in [3.05, 3.63) is 70.4 Å². The smallest absolute Gasteiger partial charge is 0.287 e. The van der Waals surface area contributed by atoms with Crippen LogP contribution in [0.1, 0.15) is 38.5 Å².